The number of ether oxygens (including phenoxy) is 1. The Morgan fingerprint density at radius 1 is 1.30 bits per heavy atom. The van der Waals surface area contributed by atoms with E-state index in [0.717, 1.165) is 25.7 Å². The van der Waals surface area contributed by atoms with Crippen molar-refractivity contribution in [2.24, 2.45) is 0 Å². The molecule has 0 radical (unpaired) electrons. The van der Waals surface area contributed by atoms with Gasteiger partial charge in [-0.2, -0.15) is 0 Å². The number of rotatable bonds is 8. The van der Waals surface area contributed by atoms with Crippen LogP contribution in [0.5, 0.6) is 0 Å². The van der Waals surface area contributed by atoms with E-state index in [2.05, 4.69) is 6.92 Å². The van der Waals surface area contributed by atoms with E-state index >= 15 is 0 Å². The van der Waals surface area contributed by atoms with Crippen LogP contribution in [0, 0.1) is 0 Å². The Morgan fingerprint density at radius 2 is 1.95 bits per heavy atom. The summed E-state index contributed by atoms with van der Waals surface area (Å²) in [6, 6.07) is 9.06. The van der Waals surface area contributed by atoms with E-state index in [1.165, 1.54) is 0 Å². The Hall–Kier alpha value is -1.06. The Kier molecular flexibility index (Phi) is 7.03. The molecule has 0 amide bonds. The second-order valence-electron chi connectivity index (χ2n) is 5.07. The molecule has 0 aromatic heterocycles. The van der Waals surface area contributed by atoms with Crippen LogP contribution in [0.3, 0.4) is 0 Å². The van der Waals surface area contributed by atoms with E-state index in [9.17, 15) is 9.90 Å². The van der Waals surface area contributed by atoms with Gasteiger partial charge in [-0.15, -0.1) is 11.6 Å². The number of hydrogen-bond acceptors (Lipinski definition) is 3. The van der Waals surface area contributed by atoms with Crippen molar-refractivity contribution in [2.75, 3.05) is 6.61 Å². The molecule has 1 rings (SSSR count). The number of benzene rings is 1. The third-order valence-corrected chi connectivity index (χ3v) is 3.74. The van der Waals surface area contributed by atoms with Gasteiger partial charge in [-0.05, 0) is 18.9 Å². The van der Waals surface area contributed by atoms with Gasteiger partial charge in [0.1, 0.15) is 4.87 Å². The van der Waals surface area contributed by atoms with Crippen molar-refractivity contribution in [1.29, 1.82) is 0 Å². The highest BCUT2D eigenvalue weighted by Crippen LogP contribution is 2.32. The summed E-state index contributed by atoms with van der Waals surface area (Å²) in [5, 5.41) is 10.1. The molecule has 1 N–H and O–H groups in total. The minimum atomic E-state index is -1.38. The second-order valence-corrected chi connectivity index (χ2v) is 5.86. The maximum Gasteiger partial charge on any atom is 0.337 e. The lowest BCUT2D eigenvalue weighted by Gasteiger charge is -2.27. The van der Waals surface area contributed by atoms with E-state index < -0.39 is 16.9 Å². The molecule has 0 aliphatic carbocycles. The summed E-state index contributed by atoms with van der Waals surface area (Å²) >= 11 is 6.32. The Balaban J connectivity index is 2.51. The van der Waals surface area contributed by atoms with Gasteiger partial charge in [0.2, 0.25) is 0 Å². The second kappa shape index (κ2) is 8.28. The van der Waals surface area contributed by atoms with Gasteiger partial charge in [-0.3, -0.25) is 0 Å². The van der Waals surface area contributed by atoms with Crippen LogP contribution in [-0.2, 0) is 14.4 Å². The fourth-order valence-corrected chi connectivity index (χ4v) is 2.14. The van der Waals surface area contributed by atoms with Gasteiger partial charge in [0.25, 0.3) is 0 Å². The van der Waals surface area contributed by atoms with Crippen LogP contribution in [0.15, 0.2) is 30.3 Å². The van der Waals surface area contributed by atoms with Gasteiger partial charge < -0.3 is 9.84 Å². The molecule has 2 unspecified atom stereocenters. The van der Waals surface area contributed by atoms with Crippen LogP contribution in [0.4, 0.5) is 0 Å². The first-order valence-electron chi connectivity index (χ1n) is 7.09. The summed E-state index contributed by atoms with van der Waals surface area (Å²) < 4.78 is 5.08. The first-order chi connectivity index (χ1) is 9.50. The molecule has 20 heavy (non-hydrogen) atoms. The Morgan fingerprint density at radius 3 is 2.55 bits per heavy atom. The Bertz CT molecular complexity index is 403. The number of aliphatic hydroxyl groups is 1. The molecule has 0 spiro atoms. The van der Waals surface area contributed by atoms with Crippen molar-refractivity contribution in [3.05, 3.63) is 35.9 Å². The van der Waals surface area contributed by atoms with E-state index in [-0.39, 0.29) is 0 Å². The standard InChI is InChI=1S/C16H23ClO3/c1-3-4-5-9-12-20-15(19)14(18)16(2,17)13-10-7-6-8-11-13/h6-8,10-11,14,18H,3-5,9,12H2,1-2H3. The molecule has 2 atom stereocenters. The molecule has 0 bridgehead atoms. The Labute approximate surface area is 125 Å². The smallest absolute Gasteiger partial charge is 0.337 e. The van der Waals surface area contributed by atoms with Crippen molar-refractivity contribution in [3.63, 3.8) is 0 Å². The summed E-state index contributed by atoms with van der Waals surface area (Å²) in [6.45, 7) is 4.07. The zero-order valence-corrected chi connectivity index (χ0v) is 12.9. The number of aliphatic hydroxyl groups excluding tert-OH is 1. The van der Waals surface area contributed by atoms with Crippen LogP contribution in [0.1, 0.15) is 45.1 Å². The van der Waals surface area contributed by atoms with Crippen LogP contribution in [0.2, 0.25) is 0 Å². The van der Waals surface area contributed by atoms with E-state index in [1.54, 1.807) is 19.1 Å². The molecular weight excluding hydrogens is 276 g/mol. The van der Waals surface area contributed by atoms with Gasteiger partial charge in [0.05, 0.1) is 6.61 Å². The molecule has 4 heteroatoms. The van der Waals surface area contributed by atoms with Crippen molar-refractivity contribution >= 4 is 17.6 Å². The molecule has 0 aliphatic rings. The topological polar surface area (TPSA) is 46.5 Å². The molecule has 0 heterocycles. The van der Waals surface area contributed by atoms with Crippen molar-refractivity contribution in [2.45, 2.75) is 50.5 Å². The van der Waals surface area contributed by atoms with E-state index in [0.29, 0.717) is 12.2 Å². The van der Waals surface area contributed by atoms with Gasteiger partial charge in [0.15, 0.2) is 6.10 Å². The van der Waals surface area contributed by atoms with Gasteiger partial charge >= 0.3 is 5.97 Å². The van der Waals surface area contributed by atoms with Gasteiger partial charge in [0, 0.05) is 0 Å². The lowest BCUT2D eigenvalue weighted by molar-refractivity contribution is -0.155. The number of alkyl halides is 1. The molecule has 112 valence electrons. The van der Waals surface area contributed by atoms with Crippen molar-refractivity contribution in [3.8, 4) is 0 Å². The average molecular weight is 299 g/mol. The number of esters is 1. The fourth-order valence-electron chi connectivity index (χ4n) is 1.92. The van der Waals surface area contributed by atoms with Crippen LogP contribution < -0.4 is 0 Å². The number of halogens is 1. The molecule has 1 aromatic rings. The zero-order valence-electron chi connectivity index (χ0n) is 12.1. The molecular formula is C16H23ClO3. The maximum absolute atomic E-state index is 11.8. The third kappa shape index (κ3) is 4.80. The van der Waals surface area contributed by atoms with E-state index in [4.69, 9.17) is 16.3 Å². The molecule has 0 fully saturated rings. The molecule has 0 aliphatic heterocycles. The first kappa shape index (κ1) is 17.0. The van der Waals surface area contributed by atoms with Crippen LogP contribution in [-0.4, -0.2) is 23.8 Å². The minimum Gasteiger partial charge on any atom is -0.464 e. The quantitative estimate of drug-likeness (QED) is 0.453. The summed E-state index contributed by atoms with van der Waals surface area (Å²) in [7, 11) is 0. The largest absolute Gasteiger partial charge is 0.464 e. The van der Waals surface area contributed by atoms with Crippen LogP contribution >= 0.6 is 11.6 Å². The normalized spacial score (nSPS) is 15.4. The number of carbonyl (C=O) groups is 1. The highest BCUT2D eigenvalue weighted by molar-refractivity contribution is 6.25. The minimum absolute atomic E-state index is 0.331. The highest BCUT2D eigenvalue weighted by atomic mass is 35.5. The summed E-state index contributed by atoms with van der Waals surface area (Å²) in [5.74, 6) is -0.664. The fraction of sp³-hybridized carbons (Fsp3) is 0.562. The average Bonchev–Trinajstić information content (AvgIpc) is 2.47. The lowest BCUT2D eigenvalue weighted by Crippen LogP contribution is -2.39. The zero-order chi connectivity index (χ0) is 15.0. The van der Waals surface area contributed by atoms with Crippen molar-refractivity contribution in [1.82, 2.24) is 0 Å². The first-order valence-corrected chi connectivity index (χ1v) is 7.47. The van der Waals surface area contributed by atoms with Crippen molar-refractivity contribution < 1.29 is 14.6 Å². The van der Waals surface area contributed by atoms with Gasteiger partial charge in [-0.25, -0.2) is 4.79 Å². The molecule has 1 aromatic carbocycles. The summed E-state index contributed by atoms with van der Waals surface area (Å²) in [6.07, 6.45) is 2.72. The summed E-state index contributed by atoms with van der Waals surface area (Å²) in [4.78, 5) is 10.7. The number of carbonyl (C=O) groups excluding carboxylic acids is 1. The predicted molar refractivity (Wildman–Crippen MR) is 80.8 cm³/mol. The highest BCUT2D eigenvalue weighted by Gasteiger charge is 2.38. The molecule has 0 saturated carbocycles. The number of unbranched alkanes of at least 4 members (excludes halogenated alkanes) is 3. The van der Waals surface area contributed by atoms with Gasteiger partial charge in [-0.1, -0.05) is 56.5 Å². The predicted octanol–water partition coefficient (Wildman–Crippen LogP) is 3.63. The summed E-state index contributed by atoms with van der Waals surface area (Å²) in [5.41, 5.74) is 0.692. The lowest BCUT2D eigenvalue weighted by atomic mass is 9.94. The van der Waals surface area contributed by atoms with E-state index in [1.807, 2.05) is 18.2 Å². The van der Waals surface area contributed by atoms with Crippen LogP contribution in [0.25, 0.3) is 0 Å². The maximum atomic E-state index is 11.8. The molecule has 3 nitrogen and oxygen atoms in total. The molecule has 0 saturated heterocycles. The third-order valence-electron chi connectivity index (χ3n) is 3.32. The monoisotopic (exact) mass is 298 g/mol. The number of hydrogen-bond donors (Lipinski definition) is 1. The SMILES string of the molecule is CCCCCCOC(=O)C(O)C(C)(Cl)c1ccccc1.